The molecule has 2 nitrogen and oxygen atoms in total. The van der Waals surface area contributed by atoms with Crippen molar-refractivity contribution >= 4 is 5.91 Å². The zero-order valence-electron chi connectivity index (χ0n) is 7.05. The molecule has 0 bridgehead atoms. The van der Waals surface area contributed by atoms with Gasteiger partial charge in [-0.1, -0.05) is 13.0 Å². The highest BCUT2D eigenvalue weighted by Crippen LogP contribution is 2.19. The molecule has 0 aliphatic carbocycles. The molecule has 0 aromatic heterocycles. The predicted molar refractivity (Wildman–Crippen MR) is 45.2 cm³/mol. The van der Waals surface area contributed by atoms with E-state index in [1.807, 2.05) is 17.9 Å². The van der Waals surface area contributed by atoms with Gasteiger partial charge < -0.3 is 4.90 Å². The molecule has 0 aromatic rings. The van der Waals surface area contributed by atoms with E-state index in [9.17, 15) is 4.79 Å². The molecule has 1 aliphatic rings. The summed E-state index contributed by atoms with van der Waals surface area (Å²) in [6.07, 6.45) is 3.62. The maximum absolute atomic E-state index is 11.0. The lowest BCUT2D eigenvalue weighted by molar-refractivity contribution is -0.137. The molecule has 0 radical (unpaired) electrons. The highest BCUT2D eigenvalue weighted by Gasteiger charge is 2.27. The third-order valence-corrected chi connectivity index (χ3v) is 2.11. The summed E-state index contributed by atoms with van der Waals surface area (Å²) in [5.74, 6) is 0.966. The Morgan fingerprint density at radius 3 is 2.82 bits per heavy atom. The van der Waals surface area contributed by atoms with Gasteiger partial charge in [0.1, 0.15) is 0 Å². The van der Waals surface area contributed by atoms with Crippen LogP contribution in [0.25, 0.3) is 0 Å². The minimum atomic E-state index is 0.283. The second-order valence-electron chi connectivity index (χ2n) is 3.04. The van der Waals surface area contributed by atoms with Crippen LogP contribution in [0.15, 0.2) is 12.7 Å². The molecule has 1 amide bonds. The third-order valence-electron chi connectivity index (χ3n) is 2.11. The van der Waals surface area contributed by atoms with Crippen LogP contribution in [-0.4, -0.2) is 23.9 Å². The van der Waals surface area contributed by atoms with Crippen LogP contribution in [0.1, 0.15) is 19.8 Å². The fourth-order valence-corrected chi connectivity index (χ4v) is 1.38. The number of carbonyl (C=O) groups excluding carboxylic acids is 1. The first-order chi connectivity index (χ1) is 5.27. The summed E-state index contributed by atoms with van der Waals surface area (Å²) in [7, 11) is 0. The summed E-state index contributed by atoms with van der Waals surface area (Å²) in [6.45, 7) is 7.46. The number of hydrogen-bond acceptors (Lipinski definition) is 1. The highest BCUT2D eigenvalue weighted by atomic mass is 16.2. The van der Waals surface area contributed by atoms with Gasteiger partial charge in [0, 0.05) is 19.5 Å². The first-order valence-corrected chi connectivity index (χ1v) is 4.16. The van der Waals surface area contributed by atoms with Crippen molar-refractivity contribution in [3.8, 4) is 0 Å². The zero-order valence-corrected chi connectivity index (χ0v) is 7.05. The third kappa shape index (κ3) is 1.82. The molecule has 1 heterocycles. The molecule has 11 heavy (non-hydrogen) atoms. The van der Waals surface area contributed by atoms with Gasteiger partial charge in [0.2, 0.25) is 5.91 Å². The second kappa shape index (κ2) is 3.56. The Kier molecular flexibility index (Phi) is 2.69. The molecule has 62 valence electrons. The molecular formula is C9H15NO. The van der Waals surface area contributed by atoms with Crippen molar-refractivity contribution in [1.29, 1.82) is 0 Å². The quantitative estimate of drug-likeness (QED) is 0.562. The maximum atomic E-state index is 11.0. The Labute approximate surface area is 67.9 Å². The average Bonchev–Trinajstić information content (AvgIpc) is 1.94. The molecule has 0 atom stereocenters. The van der Waals surface area contributed by atoms with Gasteiger partial charge in [-0.15, -0.1) is 6.58 Å². The van der Waals surface area contributed by atoms with Crippen LogP contribution in [0, 0.1) is 5.92 Å². The van der Waals surface area contributed by atoms with Gasteiger partial charge in [-0.3, -0.25) is 4.79 Å². The average molecular weight is 153 g/mol. The van der Waals surface area contributed by atoms with Crippen LogP contribution < -0.4 is 0 Å². The Morgan fingerprint density at radius 1 is 1.73 bits per heavy atom. The van der Waals surface area contributed by atoms with Crippen LogP contribution in [-0.2, 0) is 4.79 Å². The SMILES string of the molecule is C=CCC1CN(C(=O)CC)C1. The number of rotatable bonds is 3. The lowest BCUT2D eigenvalue weighted by atomic mass is 9.96. The molecule has 0 N–H and O–H groups in total. The van der Waals surface area contributed by atoms with Crippen molar-refractivity contribution in [2.45, 2.75) is 19.8 Å². The summed E-state index contributed by atoms with van der Waals surface area (Å²) in [5, 5.41) is 0. The van der Waals surface area contributed by atoms with Crippen molar-refractivity contribution in [2.24, 2.45) is 5.92 Å². The summed E-state index contributed by atoms with van der Waals surface area (Å²) >= 11 is 0. The molecular weight excluding hydrogens is 138 g/mol. The number of nitrogens with zero attached hydrogens (tertiary/aromatic N) is 1. The lowest BCUT2D eigenvalue weighted by Gasteiger charge is -2.38. The fourth-order valence-electron chi connectivity index (χ4n) is 1.38. The molecule has 0 saturated carbocycles. The topological polar surface area (TPSA) is 20.3 Å². The van der Waals surface area contributed by atoms with Gasteiger partial charge in [0.15, 0.2) is 0 Å². The Bertz CT molecular complexity index is 159. The Hall–Kier alpha value is -0.790. The maximum Gasteiger partial charge on any atom is 0.222 e. The van der Waals surface area contributed by atoms with Crippen LogP contribution in [0.4, 0.5) is 0 Å². The monoisotopic (exact) mass is 153 g/mol. The summed E-state index contributed by atoms with van der Waals surface area (Å²) in [5.41, 5.74) is 0. The summed E-state index contributed by atoms with van der Waals surface area (Å²) < 4.78 is 0. The standard InChI is InChI=1S/C9H15NO/c1-3-5-8-6-10(7-8)9(11)4-2/h3,8H,1,4-7H2,2H3. The molecule has 1 saturated heterocycles. The number of amides is 1. The van der Waals surface area contributed by atoms with Crippen LogP contribution in [0.5, 0.6) is 0 Å². The fraction of sp³-hybridized carbons (Fsp3) is 0.667. The van der Waals surface area contributed by atoms with Gasteiger partial charge >= 0.3 is 0 Å². The largest absolute Gasteiger partial charge is 0.342 e. The Balaban J connectivity index is 2.18. The number of carbonyl (C=O) groups is 1. The van der Waals surface area contributed by atoms with Gasteiger partial charge in [0.25, 0.3) is 0 Å². The first kappa shape index (κ1) is 8.31. The predicted octanol–water partition coefficient (Wildman–Crippen LogP) is 1.43. The van der Waals surface area contributed by atoms with E-state index in [-0.39, 0.29) is 5.91 Å². The van der Waals surface area contributed by atoms with E-state index in [4.69, 9.17) is 0 Å². The van der Waals surface area contributed by atoms with E-state index in [2.05, 4.69) is 6.58 Å². The van der Waals surface area contributed by atoms with Crippen molar-refractivity contribution in [2.75, 3.05) is 13.1 Å². The minimum absolute atomic E-state index is 0.283. The molecule has 0 aromatic carbocycles. The molecule has 2 heteroatoms. The molecule has 1 fully saturated rings. The van der Waals surface area contributed by atoms with E-state index in [1.54, 1.807) is 0 Å². The Morgan fingerprint density at radius 2 is 2.36 bits per heavy atom. The molecule has 0 unspecified atom stereocenters. The highest BCUT2D eigenvalue weighted by molar-refractivity contribution is 5.76. The minimum Gasteiger partial charge on any atom is -0.342 e. The van der Waals surface area contributed by atoms with E-state index in [0.717, 1.165) is 19.5 Å². The molecule has 1 rings (SSSR count). The summed E-state index contributed by atoms with van der Waals surface area (Å²) in [4.78, 5) is 13.0. The van der Waals surface area contributed by atoms with Crippen molar-refractivity contribution < 1.29 is 4.79 Å². The molecule has 0 spiro atoms. The van der Waals surface area contributed by atoms with Gasteiger partial charge in [0.05, 0.1) is 0 Å². The van der Waals surface area contributed by atoms with E-state index >= 15 is 0 Å². The van der Waals surface area contributed by atoms with Crippen LogP contribution in [0.3, 0.4) is 0 Å². The number of likely N-dealkylation sites (tertiary alicyclic amines) is 1. The van der Waals surface area contributed by atoms with Crippen molar-refractivity contribution in [1.82, 2.24) is 4.90 Å². The van der Waals surface area contributed by atoms with E-state index < -0.39 is 0 Å². The van der Waals surface area contributed by atoms with Crippen LogP contribution >= 0.6 is 0 Å². The van der Waals surface area contributed by atoms with Gasteiger partial charge in [-0.05, 0) is 12.3 Å². The van der Waals surface area contributed by atoms with E-state index in [0.29, 0.717) is 12.3 Å². The first-order valence-electron chi connectivity index (χ1n) is 4.16. The number of allylic oxidation sites excluding steroid dienone is 1. The van der Waals surface area contributed by atoms with Gasteiger partial charge in [-0.2, -0.15) is 0 Å². The second-order valence-corrected chi connectivity index (χ2v) is 3.04. The lowest BCUT2D eigenvalue weighted by Crippen LogP contribution is -2.49. The summed E-state index contributed by atoms with van der Waals surface area (Å²) in [6, 6.07) is 0. The van der Waals surface area contributed by atoms with Crippen LogP contribution in [0.2, 0.25) is 0 Å². The van der Waals surface area contributed by atoms with Crippen molar-refractivity contribution in [3.63, 3.8) is 0 Å². The normalized spacial score (nSPS) is 17.7. The smallest absolute Gasteiger partial charge is 0.222 e. The van der Waals surface area contributed by atoms with Gasteiger partial charge in [-0.25, -0.2) is 0 Å². The number of hydrogen-bond donors (Lipinski definition) is 0. The zero-order chi connectivity index (χ0) is 8.27. The molecule has 1 aliphatic heterocycles. The van der Waals surface area contributed by atoms with Crippen molar-refractivity contribution in [3.05, 3.63) is 12.7 Å². The van der Waals surface area contributed by atoms with E-state index in [1.165, 1.54) is 0 Å².